The lowest BCUT2D eigenvalue weighted by Gasteiger charge is -2.25. The molecule has 5 nitrogen and oxygen atoms in total. The molecule has 1 amide bonds. The fourth-order valence-electron chi connectivity index (χ4n) is 1.31. The molecule has 1 aliphatic rings. The molecule has 0 radical (unpaired) electrons. The van der Waals surface area contributed by atoms with E-state index in [1.54, 1.807) is 19.2 Å². The summed E-state index contributed by atoms with van der Waals surface area (Å²) in [5.41, 5.74) is 0.591. The summed E-state index contributed by atoms with van der Waals surface area (Å²) < 4.78 is 5.18. The van der Waals surface area contributed by atoms with Gasteiger partial charge in [-0.2, -0.15) is 0 Å². The smallest absolute Gasteiger partial charge is 0.264 e. The standard InChI is InChI=1S/C9H9NO4/c1-10-7-4-6(14-12)2-3-8(7)13-5-9(10)11/h2-4,12H,5H2,1H3. The predicted molar refractivity (Wildman–Crippen MR) is 48.6 cm³/mol. The second kappa shape index (κ2) is 3.19. The first-order valence-electron chi connectivity index (χ1n) is 4.07. The van der Waals surface area contributed by atoms with Crippen LogP contribution in [0.4, 0.5) is 5.69 Å². The number of amides is 1. The molecule has 5 heteroatoms. The second-order valence-electron chi connectivity index (χ2n) is 2.96. The van der Waals surface area contributed by atoms with Crippen LogP contribution in [0.3, 0.4) is 0 Å². The molecule has 0 atom stereocenters. The van der Waals surface area contributed by atoms with Gasteiger partial charge in [0, 0.05) is 13.1 Å². The van der Waals surface area contributed by atoms with Gasteiger partial charge in [0.2, 0.25) is 0 Å². The minimum absolute atomic E-state index is 0.0445. The van der Waals surface area contributed by atoms with Crippen LogP contribution < -0.4 is 14.5 Å². The lowest BCUT2D eigenvalue weighted by Crippen LogP contribution is -2.35. The maximum Gasteiger partial charge on any atom is 0.264 e. The van der Waals surface area contributed by atoms with Crippen molar-refractivity contribution < 1.29 is 19.7 Å². The van der Waals surface area contributed by atoms with Crippen LogP contribution in [0.1, 0.15) is 0 Å². The number of fused-ring (bicyclic) bond motifs is 1. The summed E-state index contributed by atoms with van der Waals surface area (Å²) in [4.78, 5) is 16.8. The Labute approximate surface area is 80.4 Å². The number of hydrogen-bond acceptors (Lipinski definition) is 4. The molecule has 1 aromatic rings. The zero-order valence-electron chi connectivity index (χ0n) is 7.56. The van der Waals surface area contributed by atoms with Crippen molar-refractivity contribution in [3.8, 4) is 11.5 Å². The Morgan fingerprint density at radius 2 is 2.36 bits per heavy atom. The van der Waals surface area contributed by atoms with Gasteiger partial charge < -0.3 is 14.5 Å². The highest BCUT2D eigenvalue weighted by Gasteiger charge is 2.22. The van der Waals surface area contributed by atoms with Gasteiger partial charge in [0.15, 0.2) is 12.4 Å². The summed E-state index contributed by atoms with van der Waals surface area (Å²) in [6, 6.07) is 4.73. The first-order chi connectivity index (χ1) is 6.72. The van der Waals surface area contributed by atoms with Crippen LogP contribution in [0, 0.1) is 0 Å². The van der Waals surface area contributed by atoms with Gasteiger partial charge in [-0.1, -0.05) is 0 Å². The quantitative estimate of drug-likeness (QED) is 0.534. The number of rotatable bonds is 1. The normalized spacial score (nSPS) is 14.7. The van der Waals surface area contributed by atoms with E-state index in [4.69, 9.17) is 9.99 Å². The molecule has 0 spiro atoms. The van der Waals surface area contributed by atoms with Crippen LogP contribution >= 0.6 is 0 Å². The highest BCUT2D eigenvalue weighted by molar-refractivity contribution is 5.97. The number of nitrogens with zero attached hydrogens (tertiary/aromatic N) is 1. The van der Waals surface area contributed by atoms with E-state index in [0.717, 1.165) is 0 Å². The van der Waals surface area contributed by atoms with Crippen molar-refractivity contribution in [1.82, 2.24) is 0 Å². The summed E-state index contributed by atoms with van der Waals surface area (Å²) >= 11 is 0. The van der Waals surface area contributed by atoms with Gasteiger partial charge in [-0.05, 0) is 12.1 Å². The molecule has 1 aliphatic heterocycles. The number of carbonyl (C=O) groups excluding carboxylic acids is 1. The van der Waals surface area contributed by atoms with Crippen molar-refractivity contribution in [2.24, 2.45) is 0 Å². The van der Waals surface area contributed by atoms with Gasteiger partial charge in [-0.25, -0.2) is 5.26 Å². The van der Waals surface area contributed by atoms with E-state index in [9.17, 15) is 4.79 Å². The number of anilines is 1. The van der Waals surface area contributed by atoms with E-state index >= 15 is 0 Å². The van der Waals surface area contributed by atoms with Gasteiger partial charge in [-0.15, -0.1) is 0 Å². The van der Waals surface area contributed by atoms with Gasteiger partial charge in [0.1, 0.15) is 5.75 Å². The van der Waals surface area contributed by atoms with Crippen molar-refractivity contribution in [2.45, 2.75) is 0 Å². The molecule has 14 heavy (non-hydrogen) atoms. The van der Waals surface area contributed by atoms with Crippen molar-refractivity contribution in [2.75, 3.05) is 18.6 Å². The average Bonchev–Trinajstić information content (AvgIpc) is 2.23. The Balaban J connectivity index is 2.46. The van der Waals surface area contributed by atoms with Crippen LogP contribution in [0.15, 0.2) is 18.2 Å². The Kier molecular flexibility index (Phi) is 2.01. The molecule has 1 heterocycles. The number of hydrogen-bond donors (Lipinski definition) is 1. The Morgan fingerprint density at radius 1 is 1.57 bits per heavy atom. The molecule has 0 saturated carbocycles. The first kappa shape index (κ1) is 8.83. The van der Waals surface area contributed by atoms with Crippen molar-refractivity contribution in [1.29, 1.82) is 0 Å². The fraction of sp³-hybridized carbons (Fsp3) is 0.222. The monoisotopic (exact) mass is 195 g/mol. The third-order valence-electron chi connectivity index (χ3n) is 2.12. The van der Waals surface area contributed by atoms with Crippen LogP contribution in [-0.4, -0.2) is 24.8 Å². The van der Waals surface area contributed by atoms with Gasteiger partial charge >= 0.3 is 0 Å². The fourth-order valence-corrected chi connectivity index (χ4v) is 1.31. The van der Waals surface area contributed by atoms with Crippen molar-refractivity contribution in [3.05, 3.63) is 18.2 Å². The van der Waals surface area contributed by atoms with Gasteiger partial charge in [-0.3, -0.25) is 4.79 Å². The number of likely N-dealkylation sites (N-methyl/N-ethyl adjacent to an activating group) is 1. The maximum atomic E-state index is 11.3. The summed E-state index contributed by atoms with van der Waals surface area (Å²) in [6.45, 7) is 0.0445. The lowest BCUT2D eigenvalue weighted by molar-refractivity contribution is -0.137. The van der Waals surface area contributed by atoms with Crippen molar-refractivity contribution in [3.63, 3.8) is 0 Å². The second-order valence-corrected chi connectivity index (χ2v) is 2.96. The largest absolute Gasteiger partial charge is 0.482 e. The van der Waals surface area contributed by atoms with E-state index in [0.29, 0.717) is 11.4 Å². The third-order valence-corrected chi connectivity index (χ3v) is 2.12. The average molecular weight is 195 g/mol. The van der Waals surface area contributed by atoms with E-state index in [1.165, 1.54) is 11.0 Å². The van der Waals surface area contributed by atoms with E-state index in [-0.39, 0.29) is 18.3 Å². The number of benzene rings is 1. The minimum atomic E-state index is -0.132. The maximum absolute atomic E-state index is 11.3. The van der Waals surface area contributed by atoms with Gasteiger partial charge in [0.25, 0.3) is 5.91 Å². The van der Waals surface area contributed by atoms with Crippen molar-refractivity contribution >= 4 is 11.6 Å². The molecule has 1 aromatic carbocycles. The highest BCUT2D eigenvalue weighted by atomic mass is 17.1. The van der Waals surface area contributed by atoms with Crippen LogP contribution in [0.5, 0.6) is 11.5 Å². The molecular weight excluding hydrogens is 186 g/mol. The molecular formula is C9H9NO4. The summed E-state index contributed by atoms with van der Waals surface area (Å²) in [5.74, 6) is 0.745. The highest BCUT2D eigenvalue weighted by Crippen LogP contribution is 2.34. The third kappa shape index (κ3) is 1.27. The van der Waals surface area contributed by atoms with Crippen LogP contribution in [0.25, 0.3) is 0 Å². The SMILES string of the molecule is CN1C(=O)COc2ccc(OO)cc21. The Morgan fingerprint density at radius 3 is 3.07 bits per heavy atom. The van der Waals surface area contributed by atoms with E-state index < -0.39 is 0 Å². The van der Waals surface area contributed by atoms with Crippen LogP contribution in [0.2, 0.25) is 0 Å². The van der Waals surface area contributed by atoms with Crippen LogP contribution in [-0.2, 0) is 4.79 Å². The molecule has 0 fully saturated rings. The molecule has 2 rings (SSSR count). The summed E-state index contributed by atoms with van der Waals surface area (Å²) in [7, 11) is 1.64. The molecule has 0 saturated heterocycles. The molecule has 74 valence electrons. The number of ether oxygens (including phenoxy) is 1. The zero-order chi connectivity index (χ0) is 10.1. The predicted octanol–water partition coefficient (Wildman–Crippen LogP) is 0.894. The summed E-state index contributed by atoms with van der Waals surface area (Å²) in [5, 5.41) is 8.45. The lowest BCUT2D eigenvalue weighted by atomic mass is 10.2. The van der Waals surface area contributed by atoms with E-state index in [2.05, 4.69) is 4.89 Å². The first-order valence-corrected chi connectivity index (χ1v) is 4.07. The van der Waals surface area contributed by atoms with Gasteiger partial charge in [0.05, 0.1) is 5.69 Å². The molecule has 1 N–H and O–H groups in total. The molecule has 0 aromatic heterocycles. The molecule has 0 aliphatic carbocycles. The number of carbonyl (C=O) groups is 1. The Hall–Kier alpha value is -1.75. The summed E-state index contributed by atoms with van der Waals surface area (Å²) in [6.07, 6.45) is 0. The zero-order valence-corrected chi connectivity index (χ0v) is 7.56. The molecule has 0 unspecified atom stereocenters. The minimum Gasteiger partial charge on any atom is -0.482 e. The molecule has 0 bridgehead atoms. The van der Waals surface area contributed by atoms with E-state index in [1.807, 2.05) is 0 Å². The Bertz CT molecular complexity index is 377. The topological polar surface area (TPSA) is 59.0 Å².